The molecule has 0 aliphatic heterocycles. The smallest absolute Gasteiger partial charge is 0.206 e. The quantitative estimate of drug-likeness (QED) is 0.272. The van der Waals surface area contributed by atoms with Crippen molar-refractivity contribution in [1.82, 2.24) is 0 Å². The second-order valence-electron chi connectivity index (χ2n) is 14.5. The van der Waals surface area contributed by atoms with Crippen molar-refractivity contribution in [2.24, 2.45) is 44.8 Å². The third-order valence-electron chi connectivity index (χ3n) is 9.52. The summed E-state index contributed by atoms with van der Waals surface area (Å²) in [6.45, 7) is 23.2. The van der Waals surface area contributed by atoms with Gasteiger partial charge in [-0.25, -0.2) is 8.78 Å². The Kier molecular flexibility index (Phi) is 15.0. The van der Waals surface area contributed by atoms with E-state index in [1.165, 1.54) is 33.1 Å². The van der Waals surface area contributed by atoms with E-state index in [9.17, 15) is 22.0 Å². The molecule has 0 saturated heterocycles. The van der Waals surface area contributed by atoms with Crippen molar-refractivity contribution in [2.75, 3.05) is 0 Å². The number of fused-ring (bicyclic) bond motifs is 1. The molecule has 0 nitrogen and oxygen atoms in total. The van der Waals surface area contributed by atoms with Gasteiger partial charge in [0.1, 0.15) is 0 Å². The molecule has 224 valence electrons. The summed E-state index contributed by atoms with van der Waals surface area (Å²) in [5.41, 5.74) is -0.951. The molecule has 3 saturated carbocycles. The number of rotatable bonds is 0. The van der Waals surface area contributed by atoms with Crippen LogP contribution in [0.1, 0.15) is 145 Å². The zero-order chi connectivity index (χ0) is 25.8. The topological polar surface area (TPSA) is 0 Å². The Balaban J connectivity index is -0.000000204. The van der Waals surface area contributed by atoms with Crippen molar-refractivity contribution in [1.29, 1.82) is 0 Å². The van der Waals surface area contributed by atoms with Gasteiger partial charge < -0.3 is 0 Å². The maximum Gasteiger partial charge on any atom is 0.394 e. The standard InChI is InChI=1S/C10H16F2.C9H18.C8H15F3.4CH4/c1-9(2,3)6-4-7-8(5-6)10(7,11)12;1-8(2,3)9(4)6-5-7-9;1-6(2,3)7(4,5)8(9,10)11;;;;/h6-8H,4-5H2,1-3H3;5-7H2,1-4H3;1-5H3;4*1H4. The predicted octanol–water partition coefficient (Wildman–Crippen LogP) is 12.7. The molecule has 3 aliphatic rings. The molecule has 0 N–H and O–H groups in total. The van der Waals surface area contributed by atoms with Gasteiger partial charge in [-0.2, -0.15) is 13.2 Å². The van der Waals surface area contributed by atoms with Crippen LogP contribution in [0, 0.1) is 44.8 Å². The molecule has 0 aromatic rings. The minimum Gasteiger partial charge on any atom is -0.206 e. The van der Waals surface area contributed by atoms with Crippen LogP contribution in [0.4, 0.5) is 22.0 Å². The van der Waals surface area contributed by atoms with Crippen LogP contribution < -0.4 is 0 Å². The molecule has 0 amide bonds. The lowest BCUT2D eigenvalue weighted by Gasteiger charge is -2.49. The highest BCUT2D eigenvalue weighted by Gasteiger charge is 2.72. The number of hydrogen-bond acceptors (Lipinski definition) is 0. The van der Waals surface area contributed by atoms with Crippen molar-refractivity contribution < 1.29 is 22.0 Å². The summed E-state index contributed by atoms with van der Waals surface area (Å²) in [6.07, 6.45) is 1.72. The first-order valence-electron chi connectivity index (χ1n) is 12.2. The Morgan fingerprint density at radius 2 is 0.972 bits per heavy atom. The molecule has 3 fully saturated rings. The predicted molar refractivity (Wildman–Crippen MR) is 152 cm³/mol. The fraction of sp³-hybridized carbons (Fsp3) is 1.00. The van der Waals surface area contributed by atoms with Gasteiger partial charge >= 0.3 is 6.18 Å². The van der Waals surface area contributed by atoms with Crippen LogP contribution in [0.5, 0.6) is 0 Å². The van der Waals surface area contributed by atoms with E-state index in [2.05, 4.69) is 48.5 Å². The van der Waals surface area contributed by atoms with Crippen LogP contribution in [0.3, 0.4) is 0 Å². The van der Waals surface area contributed by atoms with Gasteiger partial charge in [0.25, 0.3) is 5.92 Å². The normalized spacial score (nSPS) is 25.8. The van der Waals surface area contributed by atoms with E-state index in [0.29, 0.717) is 16.7 Å². The molecule has 0 aromatic carbocycles. The molecule has 5 heteroatoms. The van der Waals surface area contributed by atoms with Crippen molar-refractivity contribution in [3.05, 3.63) is 0 Å². The van der Waals surface area contributed by atoms with E-state index < -0.39 is 22.9 Å². The summed E-state index contributed by atoms with van der Waals surface area (Å²) >= 11 is 0. The molecular formula is C31H65F5. The SMILES string of the molecule is C.C.C.C.CC(C)(C)C(C)(C)C(F)(F)F.CC(C)(C)C1(C)CCC1.CC(C)(C)C1CC2C(C1)C2(F)F. The summed E-state index contributed by atoms with van der Waals surface area (Å²) < 4.78 is 62.6. The first kappa shape index (κ1) is 42.7. The lowest BCUT2D eigenvalue weighted by atomic mass is 9.56. The Morgan fingerprint density at radius 1 is 0.639 bits per heavy atom. The van der Waals surface area contributed by atoms with Crippen LogP contribution >= 0.6 is 0 Å². The second kappa shape index (κ2) is 12.7. The lowest BCUT2D eigenvalue weighted by Crippen LogP contribution is -2.43. The maximum absolute atomic E-state index is 12.8. The van der Waals surface area contributed by atoms with E-state index in [-0.39, 0.29) is 47.0 Å². The number of hydrogen-bond donors (Lipinski definition) is 0. The van der Waals surface area contributed by atoms with Gasteiger partial charge in [-0.15, -0.1) is 0 Å². The monoisotopic (exact) mass is 533 g/mol. The third kappa shape index (κ3) is 9.14. The van der Waals surface area contributed by atoms with Crippen LogP contribution in [-0.4, -0.2) is 12.1 Å². The Labute approximate surface area is 224 Å². The molecule has 2 unspecified atom stereocenters. The van der Waals surface area contributed by atoms with E-state index in [0.717, 1.165) is 12.8 Å². The third-order valence-corrected chi connectivity index (χ3v) is 9.52. The Hall–Kier alpha value is -0.350. The molecule has 0 bridgehead atoms. The average molecular weight is 533 g/mol. The van der Waals surface area contributed by atoms with Crippen molar-refractivity contribution in [2.45, 2.75) is 157 Å². The minimum atomic E-state index is -4.12. The van der Waals surface area contributed by atoms with Gasteiger partial charge in [-0.3, -0.25) is 0 Å². The lowest BCUT2D eigenvalue weighted by molar-refractivity contribution is -0.243. The number of alkyl halides is 5. The van der Waals surface area contributed by atoms with Gasteiger partial charge in [0.05, 0.1) is 5.41 Å². The van der Waals surface area contributed by atoms with Gasteiger partial charge in [0, 0.05) is 11.8 Å². The minimum absolute atomic E-state index is 0. The summed E-state index contributed by atoms with van der Waals surface area (Å²) in [7, 11) is 0. The molecule has 0 radical (unpaired) electrons. The van der Waals surface area contributed by atoms with Gasteiger partial charge in [-0.1, -0.05) is 119 Å². The summed E-state index contributed by atoms with van der Waals surface area (Å²) in [5.74, 6) is -2.29. The van der Waals surface area contributed by atoms with Crippen molar-refractivity contribution in [3.8, 4) is 0 Å². The second-order valence-corrected chi connectivity index (χ2v) is 14.5. The molecule has 3 aliphatic carbocycles. The van der Waals surface area contributed by atoms with Crippen LogP contribution in [0.15, 0.2) is 0 Å². The fourth-order valence-corrected chi connectivity index (χ4v) is 4.40. The highest BCUT2D eigenvalue weighted by Crippen LogP contribution is 2.67. The summed E-state index contributed by atoms with van der Waals surface area (Å²) in [6, 6.07) is 0. The first-order valence-corrected chi connectivity index (χ1v) is 12.2. The van der Waals surface area contributed by atoms with Gasteiger partial charge in [0.15, 0.2) is 0 Å². The zero-order valence-corrected chi connectivity index (χ0v) is 22.7. The van der Waals surface area contributed by atoms with E-state index in [4.69, 9.17) is 0 Å². The van der Waals surface area contributed by atoms with Gasteiger partial charge in [-0.05, 0) is 53.3 Å². The highest BCUT2D eigenvalue weighted by atomic mass is 19.4. The Morgan fingerprint density at radius 3 is 1.08 bits per heavy atom. The molecule has 0 heterocycles. The zero-order valence-electron chi connectivity index (χ0n) is 22.7. The van der Waals surface area contributed by atoms with E-state index >= 15 is 0 Å². The fourth-order valence-electron chi connectivity index (χ4n) is 4.40. The summed E-state index contributed by atoms with van der Waals surface area (Å²) in [4.78, 5) is 0. The molecule has 36 heavy (non-hydrogen) atoms. The van der Waals surface area contributed by atoms with Gasteiger partial charge in [0.2, 0.25) is 0 Å². The van der Waals surface area contributed by atoms with Crippen molar-refractivity contribution in [3.63, 3.8) is 0 Å². The average Bonchev–Trinajstić information content (AvgIpc) is 2.88. The molecule has 0 aromatic heterocycles. The molecular weight excluding hydrogens is 467 g/mol. The van der Waals surface area contributed by atoms with Crippen LogP contribution in [0.2, 0.25) is 0 Å². The van der Waals surface area contributed by atoms with Crippen LogP contribution in [-0.2, 0) is 0 Å². The Bertz CT molecular complexity index is 589. The molecule has 0 spiro atoms. The number of halogens is 5. The van der Waals surface area contributed by atoms with E-state index in [1.54, 1.807) is 20.8 Å². The molecule has 2 atom stereocenters. The summed E-state index contributed by atoms with van der Waals surface area (Å²) in [5, 5.41) is 0. The van der Waals surface area contributed by atoms with Crippen molar-refractivity contribution >= 4 is 0 Å². The maximum atomic E-state index is 12.8. The van der Waals surface area contributed by atoms with Crippen LogP contribution in [0.25, 0.3) is 0 Å². The molecule has 3 rings (SSSR count). The largest absolute Gasteiger partial charge is 0.394 e. The first-order chi connectivity index (χ1) is 13.8. The highest BCUT2D eigenvalue weighted by molar-refractivity contribution is 5.12. The van der Waals surface area contributed by atoms with E-state index in [1.807, 2.05) is 0 Å².